The van der Waals surface area contributed by atoms with E-state index in [-0.39, 0.29) is 5.91 Å². The quantitative estimate of drug-likeness (QED) is 0.706. The third-order valence-electron chi connectivity index (χ3n) is 3.42. The van der Waals surface area contributed by atoms with Gasteiger partial charge in [-0.05, 0) is 24.3 Å². The van der Waals surface area contributed by atoms with Crippen LogP contribution in [-0.4, -0.2) is 27.9 Å². The fraction of sp³-hybridized carbons (Fsp3) is 0.0588. The number of hydrogen-bond acceptors (Lipinski definition) is 4. The first-order valence-corrected chi connectivity index (χ1v) is 7.77. The van der Waals surface area contributed by atoms with Crippen molar-refractivity contribution in [2.75, 3.05) is 11.9 Å². The standard InChI is InChI=1S/C17H12Cl2N4O/c1-23(17(24)12-3-2-6-20-9-12)16-8-15(21-10-22-16)11-4-5-13(18)14(19)7-11/h2-10H,1H3. The second kappa shape index (κ2) is 6.95. The van der Waals surface area contributed by atoms with E-state index in [1.54, 1.807) is 43.6 Å². The van der Waals surface area contributed by atoms with Crippen LogP contribution in [0.3, 0.4) is 0 Å². The molecule has 2 aromatic heterocycles. The number of pyridine rings is 1. The summed E-state index contributed by atoms with van der Waals surface area (Å²) in [6, 6.07) is 10.4. The van der Waals surface area contributed by atoms with Gasteiger partial charge in [0.05, 0.1) is 21.3 Å². The molecule has 0 aliphatic carbocycles. The van der Waals surface area contributed by atoms with Crippen LogP contribution in [0.5, 0.6) is 0 Å². The molecule has 2 heterocycles. The molecular formula is C17H12Cl2N4O. The van der Waals surface area contributed by atoms with Gasteiger partial charge >= 0.3 is 0 Å². The van der Waals surface area contributed by atoms with Crippen molar-refractivity contribution >= 4 is 34.9 Å². The zero-order valence-electron chi connectivity index (χ0n) is 12.6. The lowest BCUT2D eigenvalue weighted by Crippen LogP contribution is -2.27. The highest BCUT2D eigenvalue weighted by Crippen LogP contribution is 2.28. The minimum atomic E-state index is -0.207. The van der Waals surface area contributed by atoms with Gasteiger partial charge in [-0.2, -0.15) is 0 Å². The minimum Gasteiger partial charge on any atom is -0.296 e. The summed E-state index contributed by atoms with van der Waals surface area (Å²) in [5.41, 5.74) is 1.91. The summed E-state index contributed by atoms with van der Waals surface area (Å²) in [5, 5.41) is 0.910. The number of amides is 1. The molecular weight excluding hydrogens is 347 g/mol. The summed E-state index contributed by atoms with van der Waals surface area (Å²) in [5.74, 6) is 0.266. The number of hydrogen-bond donors (Lipinski definition) is 0. The Morgan fingerprint density at radius 3 is 2.62 bits per heavy atom. The Kier molecular flexibility index (Phi) is 4.74. The summed E-state index contributed by atoms with van der Waals surface area (Å²) in [6.45, 7) is 0. The number of carbonyl (C=O) groups excluding carboxylic acids is 1. The Labute approximate surface area is 148 Å². The molecule has 0 N–H and O–H groups in total. The molecule has 3 rings (SSSR count). The van der Waals surface area contributed by atoms with E-state index in [9.17, 15) is 4.79 Å². The topological polar surface area (TPSA) is 59.0 Å². The Morgan fingerprint density at radius 1 is 1.08 bits per heavy atom. The Balaban J connectivity index is 1.92. The predicted molar refractivity (Wildman–Crippen MR) is 94.5 cm³/mol. The summed E-state index contributed by atoms with van der Waals surface area (Å²) >= 11 is 12.0. The highest BCUT2D eigenvalue weighted by molar-refractivity contribution is 6.42. The van der Waals surface area contributed by atoms with Crippen molar-refractivity contribution in [3.63, 3.8) is 0 Å². The molecule has 7 heteroatoms. The predicted octanol–water partition coefficient (Wildman–Crippen LogP) is 4.12. The van der Waals surface area contributed by atoms with Crippen LogP contribution in [0.1, 0.15) is 10.4 Å². The molecule has 0 fully saturated rings. The summed E-state index contributed by atoms with van der Waals surface area (Å²) in [7, 11) is 1.65. The van der Waals surface area contributed by atoms with Crippen molar-refractivity contribution < 1.29 is 4.79 Å². The lowest BCUT2D eigenvalue weighted by atomic mass is 10.1. The van der Waals surface area contributed by atoms with Crippen LogP contribution in [0.4, 0.5) is 5.82 Å². The monoisotopic (exact) mass is 358 g/mol. The van der Waals surface area contributed by atoms with Gasteiger partial charge in [0.15, 0.2) is 0 Å². The Hall–Kier alpha value is -2.50. The Bertz CT molecular complexity index is 887. The van der Waals surface area contributed by atoms with Gasteiger partial charge in [0.2, 0.25) is 0 Å². The summed E-state index contributed by atoms with van der Waals surface area (Å²) in [6.07, 6.45) is 4.53. The molecule has 1 aromatic carbocycles. The molecule has 0 bridgehead atoms. The van der Waals surface area contributed by atoms with E-state index in [1.165, 1.54) is 17.4 Å². The second-order valence-electron chi connectivity index (χ2n) is 5.00. The van der Waals surface area contributed by atoms with Crippen LogP contribution in [0.25, 0.3) is 11.3 Å². The maximum absolute atomic E-state index is 12.5. The van der Waals surface area contributed by atoms with E-state index in [4.69, 9.17) is 23.2 Å². The first-order chi connectivity index (χ1) is 11.6. The van der Waals surface area contributed by atoms with Gasteiger partial charge in [-0.1, -0.05) is 29.3 Å². The van der Waals surface area contributed by atoms with E-state index in [0.29, 0.717) is 27.1 Å². The van der Waals surface area contributed by atoms with Crippen molar-refractivity contribution in [1.29, 1.82) is 0 Å². The van der Waals surface area contributed by atoms with E-state index < -0.39 is 0 Å². The number of halogens is 2. The maximum Gasteiger partial charge on any atom is 0.260 e. The zero-order chi connectivity index (χ0) is 17.1. The number of aromatic nitrogens is 3. The van der Waals surface area contributed by atoms with Gasteiger partial charge in [-0.15, -0.1) is 0 Å². The molecule has 0 radical (unpaired) electrons. The molecule has 24 heavy (non-hydrogen) atoms. The number of nitrogens with zero attached hydrogens (tertiary/aromatic N) is 4. The average Bonchev–Trinajstić information content (AvgIpc) is 2.63. The average molecular weight is 359 g/mol. The molecule has 1 amide bonds. The number of rotatable bonds is 3. The molecule has 0 saturated carbocycles. The van der Waals surface area contributed by atoms with Crippen LogP contribution < -0.4 is 4.90 Å². The fourth-order valence-electron chi connectivity index (χ4n) is 2.13. The lowest BCUT2D eigenvalue weighted by molar-refractivity contribution is 0.0992. The summed E-state index contributed by atoms with van der Waals surface area (Å²) in [4.78, 5) is 26.3. The van der Waals surface area contributed by atoms with E-state index in [0.717, 1.165) is 5.56 Å². The highest BCUT2D eigenvalue weighted by Gasteiger charge is 2.15. The Morgan fingerprint density at radius 2 is 1.92 bits per heavy atom. The zero-order valence-corrected chi connectivity index (χ0v) is 14.2. The first-order valence-electron chi connectivity index (χ1n) is 7.02. The van der Waals surface area contributed by atoms with Crippen LogP contribution in [-0.2, 0) is 0 Å². The van der Waals surface area contributed by atoms with Gasteiger partial charge in [0, 0.05) is 31.1 Å². The summed E-state index contributed by atoms with van der Waals surface area (Å²) < 4.78 is 0. The van der Waals surface area contributed by atoms with E-state index in [1.807, 2.05) is 6.07 Å². The normalized spacial score (nSPS) is 10.5. The van der Waals surface area contributed by atoms with E-state index in [2.05, 4.69) is 15.0 Å². The second-order valence-corrected chi connectivity index (χ2v) is 5.81. The molecule has 0 aliphatic rings. The van der Waals surface area contributed by atoms with Crippen molar-refractivity contribution in [2.45, 2.75) is 0 Å². The highest BCUT2D eigenvalue weighted by atomic mass is 35.5. The van der Waals surface area contributed by atoms with Crippen molar-refractivity contribution in [3.8, 4) is 11.3 Å². The third kappa shape index (κ3) is 3.37. The van der Waals surface area contributed by atoms with Crippen molar-refractivity contribution in [2.24, 2.45) is 0 Å². The van der Waals surface area contributed by atoms with Crippen LogP contribution in [0, 0.1) is 0 Å². The third-order valence-corrected chi connectivity index (χ3v) is 4.16. The van der Waals surface area contributed by atoms with E-state index >= 15 is 0 Å². The fourth-order valence-corrected chi connectivity index (χ4v) is 2.43. The van der Waals surface area contributed by atoms with Gasteiger partial charge in [-0.3, -0.25) is 14.7 Å². The minimum absolute atomic E-state index is 0.207. The largest absolute Gasteiger partial charge is 0.296 e. The molecule has 3 aromatic rings. The molecule has 0 aliphatic heterocycles. The van der Waals surface area contributed by atoms with Gasteiger partial charge in [-0.25, -0.2) is 9.97 Å². The maximum atomic E-state index is 12.5. The van der Waals surface area contributed by atoms with Gasteiger partial charge in [0.25, 0.3) is 5.91 Å². The molecule has 0 atom stereocenters. The van der Waals surface area contributed by atoms with Crippen LogP contribution >= 0.6 is 23.2 Å². The van der Waals surface area contributed by atoms with Gasteiger partial charge < -0.3 is 0 Å². The SMILES string of the molecule is CN(C(=O)c1cccnc1)c1cc(-c2ccc(Cl)c(Cl)c2)ncn1. The number of carbonyl (C=O) groups is 1. The molecule has 0 spiro atoms. The molecule has 0 unspecified atom stereocenters. The van der Waals surface area contributed by atoms with Crippen LogP contribution in [0.15, 0.2) is 55.1 Å². The van der Waals surface area contributed by atoms with Crippen molar-refractivity contribution in [1.82, 2.24) is 15.0 Å². The van der Waals surface area contributed by atoms with Crippen molar-refractivity contribution in [3.05, 3.63) is 70.7 Å². The van der Waals surface area contributed by atoms with Gasteiger partial charge in [0.1, 0.15) is 12.1 Å². The lowest BCUT2D eigenvalue weighted by Gasteiger charge is -2.16. The number of anilines is 1. The number of benzene rings is 1. The smallest absolute Gasteiger partial charge is 0.260 e. The molecule has 5 nitrogen and oxygen atoms in total. The van der Waals surface area contributed by atoms with Crippen LogP contribution in [0.2, 0.25) is 10.0 Å². The molecule has 120 valence electrons. The first kappa shape index (κ1) is 16.4. The molecule has 0 saturated heterocycles.